The molecule has 1 aliphatic carbocycles. The summed E-state index contributed by atoms with van der Waals surface area (Å²) in [7, 11) is 0. The van der Waals surface area contributed by atoms with Crippen LogP contribution in [0.25, 0.3) is 0 Å². The normalized spacial score (nSPS) is 28.5. The lowest BCUT2D eigenvalue weighted by atomic mass is 9.84. The summed E-state index contributed by atoms with van der Waals surface area (Å²) < 4.78 is 5.06. The lowest BCUT2D eigenvalue weighted by molar-refractivity contribution is -0.141. The molecule has 0 radical (unpaired) electrons. The van der Waals surface area contributed by atoms with Gasteiger partial charge in [-0.2, -0.15) is 0 Å². The summed E-state index contributed by atoms with van der Waals surface area (Å²) in [4.78, 5) is 26.0. The van der Waals surface area contributed by atoms with Crippen LogP contribution in [-0.4, -0.2) is 39.1 Å². The van der Waals surface area contributed by atoms with Crippen molar-refractivity contribution in [2.24, 2.45) is 5.92 Å². The number of aryl methyl sites for hydroxylation is 2. The molecule has 114 valence electrons. The van der Waals surface area contributed by atoms with Gasteiger partial charge in [-0.25, -0.2) is 4.79 Å². The fourth-order valence-corrected chi connectivity index (χ4v) is 3.89. The predicted molar refractivity (Wildman–Crippen MR) is 73.9 cm³/mol. The molecular formula is C15H20N2O4. The average molecular weight is 292 g/mol. The Hall–Kier alpha value is -1.85. The van der Waals surface area contributed by atoms with Gasteiger partial charge in [0.1, 0.15) is 17.4 Å². The zero-order valence-electron chi connectivity index (χ0n) is 12.3. The Morgan fingerprint density at radius 1 is 1.29 bits per heavy atom. The molecule has 0 bridgehead atoms. The molecule has 1 N–H and O–H groups in total. The molecule has 2 aliphatic rings. The summed E-state index contributed by atoms with van der Waals surface area (Å²) >= 11 is 0. The number of hydrogen-bond acceptors (Lipinski definition) is 4. The SMILES string of the molecule is Cc1noc(C)c1C(=O)N1[C@@H]2CCCC[C@@H]2C[C@H]1C(=O)O. The van der Waals surface area contributed by atoms with E-state index in [1.807, 2.05) is 0 Å². The van der Waals surface area contributed by atoms with Crippen LogP contribution in [0.4, 0.5) is 0 Å². The number of carbonyl (C=O) groups excluding carboxylic acids is 1. The van der Waals surface area contributed by atoms with Gasteiger partial charge < -0.3 is 14.5 Å². The molecule has 0 aromatic carbocycles. The number of nitrogens with zero attached hydrogens (tertiary/aromatic N) is 2. The average Bonchev–Trinajstić information content (AvgIpc) is 2.99. The summed E-state index contributed by atoms with van der Waals surface area (Å²) in [5.74, 6) is -0.386. The number of rotatable bonds is 2. The molecule has 3 rings (SSSR count). The smallest absolute Gasteiger partial charge is 0.326 e. The maximum atomic E-state index is 12.9. The maximum Gasteiger partial charge on any atom is 0.326 e. The van der Waals surface area contributed by atoms with Crippen molar-refractivity contribution >= 4 is 11.9 Å². The van der Waals surface area contributed by atoms with Gasteiger partial charge in [-0.15, -0.1) is 0 Å². The van der Waals surface area contributed by atoms with Crippen molar-refractivity contribution in [2.45, 2.75) is 58.0 Å². The monoisotopic (exact) mass is 292 g/mol. The van der Waals surface area contributed by atoms with E-state index in [1.54, 1.807) is 18.7 Å². The molecule has 6 nitrogen and oxygen atoms in total. The van der Waals surface area contributed by atoms with Crippen molar-refractivity contribution in [3.63, 3.8) is 0 Å². The Bertz CT molecular complexity index is 561. The second kappa shape index (κ2) is 5.16. The van der Waals surface area contributed by atoms with E-state index in [1.165, 1.54) is 0 Å². The summed E-state index contributed by atoms with van der Waals surface area (Å²) in [6, 6.07) is -0.680. The summed E-state index contributed by atoms with van der Waals surface area (Å²) in [6.45, 7) is 3.41. The molecule has 21 heavy (non-hydrogen) atoms. The van der Waals surface area contributed by atoms with Gasteiger partial charge >= 0.3 is 5.97 Å². The van der Waals surface area contributed by atoms with Gasteiger partial charge in [-0.05, 0) is 39.0 Å². The molecule has 1 aliphatic heterocycles. The highest BCUT2D eigenvalue weighted by Crippen LogP contribution is 2.40. The number of fused-ring (bicyclic) bond motifs is 1. The van der Waals surface area contributed by atoms with Crippen molar-refractivity contribution in [3.8, 4) is 0 Å². The predicted octanol–water partition coefficient (Wildman–Crippen LogP) is 2.15. The minimum atomic E-state index is -0.912. The highest BCUT2D eigenvalue weighted by Gasteiger charge is 2.48. The zero-order chi connectivity index (χ0) is 15.1. The third-order valence-corrected chi connectivity index (χ3v) is 4.85. The van der Waals surface area contributed by atoms with Gasteiger partial charge in [0.2, 0.25) is 0 Å². The number of carboxylic acid groups (broad SMARTS) is 1. The number of aliphatic carboxylic acids is 1. The van der Waals surface area contributed by atoms with Gasteiger partial charge in [0.25, 0.3) is 5.91 Å². The van der Waals surface area contributed by atoms with Gasteiger partial charge in [-0.3, -0.25) is 4.79 Å². The number of likely N-dealkylation sites (tertiary alicyclic amines) is 1. The molecule has 1 amide bonds. The Morgan fingerprint density at radius 3 is 2.62 bits per heavy atom. The highest BCUT2D eigenvalue weighted by molar-refractivity contribution is 5.98. The van der Waals surface area contributed by atoms with Crippen LogP contribution in [0.3, 0.4) is 0 Å². The van der Waals surface area contributed by atoms with Gasteiger partial charge in [-0.1, -0.05) is 18.0 Å². The standard InChI is InChI=1S/C15H20N2O4/c1-8-13(9(2)21-16-8)14(18)17-11-6-4-3-5-10(11)7-12(17)15(19)20/h10-12H,3-7H2,1-2H3,(H,19,20)/t10-,11-,12+/m1/s1. The quantitative estimate of drug-likeness (QED) is 0.903. The van der Waals surface area contributed by atoms with Crippen LogP contribution in [0.2, 0.25) is 0 Å². The summed E-state index contributed by atoms with van der Waals surface area (Å²) in [5, 5.41) is 13.3. The van der Waals surface area contributed by atoms with E-state index in [9.17, 15) is 14.7 Å². The van der Waals surface area contributed by atoms with Crippen molar-refractivity contribution in [3.05, 3.63) is 17.0 Å². The number of carbonyl (C=O) groups is 2. The van der Waals surface area contributed by atoms with E-state index in [-0.39, 0.29) is 11.9 Å². The van der Waals surface area contributed by atoms with Crippen LogP contribution in [0.5, 0.6) is 0 Å². The van der Waals surface area contributed by atoms with E-state index in [2.05, 4.69) is 5.16 Å². The van der Waals surface area contributed by atoms with Gasteiger partial charge in [0, 0.05) is 6.04 Å². The van der Waals surface area contributed by atoms with Crippen LogP contribution in [0.15, 0.2) is 4.52 Å². The largest absolute Gasteiger partial charge is 0.480 e. The van der Waals surface area contributed by atoms with Crippen LogP contribution in [-0.2, 0) is 4.79 Å². The van der Waals surface area contributed by atoms with Crippen LogP contribution in [0.1, 0.15) is 53.9 Å². The van der Waals surface area contributed by atoms with E-state index in [0.29, 0.717) is 29.4 Å². The molecule has 0 spiro atoms. The number of carboxylic acids is 1. The first-order chi connectivity index (χ1) is 10.0. The Morgan fingerprint density at radius 2 is 2.00 bits per heavy atom. The maximum absolute atomic E-state index is 12.9. The first-order valence-corrected chi connectivity index (χ1v) is 7.49. The first-order valence-electron chi connectivity index (χ1n) is 7.49. The lowest BCUT2D eigenvalue weighted by Crippen LogP contribution is -2.46. The van der Waals surface area contributed by atoms with Crippen molar-refractivity contribution < 1.29 is 19.2 Å². The molecular weight excluding hydrogens is 272 g/mol. The third-order valence-electron chi connectivity index (χ3n) is 4.85. The second-order valence-corrected chi connectivity index (χ2v) is 6.11. The molecule has 0 unspecified atom stereocenters. The van der Waals surface area contributed by atoms with E-state index < -0.39 is 12.0 Å². The van der Waals surface area contributed by atoms with Crippen molar-refractivity contribution in [1.82, 2.24) is 10.1 Å². The fourth-order valence-electron chi connectivity index (χ4n) is 3.89. The van der Waals surface area contributed by atoms with Crippen molar-refractivity contribution in [1.29, 1.82) is 0 Å². The molecule has 2 heterocycles. The number of amides is 1. The summed E-state index contributed by atoms with van der Waals surface area (Å²) in [5.41, 5.74) is 0.952. The zero-order valence-corrected chi connectivity index (χ0v) is 12.3. The molecule has 1 saturated carbocycles. The molecule has 1 aromatic rings. The third kappa shape index (κ3) is 2.22. The molecule has 2 fully saturated rings. The van der Waals surface area contributed by atoms with E-state index in [4.69, 9.17) is 4.52 Å². The van der Waals surface area contributed by atoms with Crippen LogP contribution in [0, 0.1) is 19.8 Å². The molecule has 6 heteroatoms. The topological polar surface area (TPSA) is 83.6 Å². The van der Waals surface area contributed by atoms with E-state index in [0.717, 1.165) is 25.7 Å². The number of aromatic nitrogens is 1. The van der Waals surface area contributed by atoms with Crippen LogP contribution < -0.4 is 0 Å². The summed E-state index contributed by atoms with van der Waals surface area (Å²) in [6.07, 6.45) is 4.65. The molecule has 3 atom stereocenters. The minimum Gasteiger partial charge on any atom is -0.480 e. The van der Waals surface area contributed by atoms with E-state index >= 15 is 0 Å². The number of hydrogen-bond donors (Lipinski definition) is 1. The van der Waals surface area contributed by atoms with Crippen LogP contribution >= 0.6 is 0 Å². The molecule has 1 aromatic heterocycles. The van der Waals surface area contributed by atoms with Crippen molar-refractivity contribution in [2.75, 3.05) is 0 Å². The van der Waals surface area contributed by atoms with Gasteiger partial charge in [0.05, 0.1) is 5.69 Å². The van der Waals surface area contributed by atoms with Gasteiger partial charge in [0.15, 0.2) is 0 Å². The first kappa shape index (κ1) is 14.1. The minimum absolute atomic E-state index is 0.0426. The Labute approximate surface area is 123 Å². The lowest BCUT2D eigenvalue weighted by Gasteiger charge is -2.32. The Kier molecular flexibility index (Phi) is 3.47. The second-order valence-electron chi connectivity index (χ2n) is 6.11. The molecule has 1 saturated heterocycles. The highest BCUT2D eigenvalue weighted by atomic mass is 16.5. The Balaban J connectivity index is 1.97. The fraction of sp³-hybridized carbons (Fsp3) is 0.667.